The second-order valence-electron chi connectivity index (χ2n) is 6.41. The second-order valence-corrected chi connectivity index (χ2v) is 8.15. The van der Waals surface area contributed by atoms with E-state index < -0.39 is 10.0 Å². The standard InChI is InChI=1S/C20H27N3O3S.ClH/c1-3-14-23(15-13-21-16-17-7-5-4-6-8-17)20(24)18-9-11-19(12-10-18)22-27(2,25)26;/h4-12,21-22H,3,13-16H2,1-2H3;1H. The molecule has 154 valence electrons. The Bertz CT molecular complexity index is 828. The first-order valence-electron chi connectivity index (χ1n) is 9.01. The normalized spacial score (nSPS) is 10.8. The van der Waals surface area contributed by atoms with Crippen LogP contribution in [0.15, 0.2) is 54.6 Å². The molecule has 0 radical (unpaired) electrons. The van der Waals surface area contributed by atoms with Gasteiger partial charge in [-0.15, -0.1) is 12.4 Å². The molecule has 0 spiro atoms. The molecule has 0 heterocycles. The minimum Gasteiger partial charge on any atom is -0.337 e. The van der Waals surface area contributed by atoms with Gasteiger partial charge in [-0.05, 0) is 36.2 Å². The zero-order chi connectivity index (χ0) is 19.7. The van der Waals surface area contributed by atoms with Crippen molar-refractivity contribution in [2.45, 2.75) is 19.9 Å². The summed E-state index contributed by atoms with van der Waals surface area (Å²) in [5.41, 5.74) is 2.20. The zero-order valence-corrected chi connectivity index (χ0v) is 17.9. The number of sulfonamides is 1. The maximum Gasteiger partial charge on any atom is 0.253 e. The molecule has 0 fully saturated rings. The van der Waals surface area contributed by atoms with Crippen LogP contribution in [0.2, 0.25) is 0 Å². The van der Waals surface area contributed by atoms with Gasteiger partial charge in [0.1, 0.15) is 0 Å². The largest absolute Gasteiger partial charge is 0.337 e. The summed E-state index contributed by atoms with van der Waals surface area (Å²) in [5, 5.41) is 3.36. The van der Waals surface area contributed by atoms with Crippen LogP contribution in [0.25, 0.3) is 0 Å². The van der Waals surface area contributed by atoms with Crippen molar-refractivity contribution in [2.24, 2.45) is 0 Å². The summed E-state index contributed by atoms with van der Waals surface area (Å²) in [4.78, 5) is 14.6. The van der Waals surface area contributed by atoms with Crippen LogP contribution < -0.4 is 10.0 Å². The first kappa shape index (κ1) is 23.9. The van der Waals surface area contributed by atoms with E-state index in [-0.39, 0.29) is 18.3 Å². The van der Waals surface area contributed by atoms with Crippen LogP contribution in [0, 0.1) is 0 Å². The van der Waals surface area contributed by atoms with Crippen LogP contribution in [0.1, 0.15) is 29.3 Å². The topological polar surface area (TPSA) is 78.5 Å². The van der Waals surface area contributed by atoms with Gasteiger partial charge in [-0.2, -0.15) is 0 Å². The quantitative estimate of drug-likeness (QED) is 0.573. The number of anilines is 1. The SMILES string of the molecule is CCCN(CCNCc1ccccc1)C(=O)c1ccc(NS(C)(=O)=O)cc1.Cl. The van der Waals surface area contributed by atoms with Crippen LogP contribution in [0.5, 0.6) is 0 Å². The van der Waals surface area contributed by atoms with E-state index in [0.717, 1.165) is 19.2 Å². The summed E-state index contributed by atoms with van der Waals surface area (Å²) in [6.07, 6.45) is 1.97. The van der Waals surface area contributed by atoms with Gasteiger partial charge in [-0.25, -0.2) is 8.42 Å². The fourth-order valence-electron chi connectivity index (χ4n) is 2.70. The Balaban J connectivity index is 0.00000392. The average molecular weight is 426 g/mol. The number of nitrogens with one attached hydrogen (secondary N) is 2. The highest BCUT2D eigenvalue weighted by Gasteiger charge is 2.15. The lowest BCUT2D eigenvalue weighted by Gasteiger charge is -2.22. The molecule has 0 saturated carbocycles. The molecule has 2 rings (SSSR count). The Morgan fingerprint density at radius 3 is 2.21 bits per heavy atom. The predicted octanol–water partition coefficient (Wildman–Crippen LogP) is 3.12. The zero-order valence-electron chi connectivity index (χ0n) is 16.2. The first-order valence-corrected chi connectivity index (χ1v) is 10.9. The van der Waals surface area contributed by atoms with E-state index in [0.29, 0.717) is 30.9 Å². The molecule has 28 heavy (non-hydrogen) atoms. The lowest BCUT2D eigenvalue weighted by atomic mass is 10.1. The van der Waals surface area contributed by atoms with Gasteiger partial charge in [0.05, 0.1) is 6.26 Å². The van der Waals surface area contributed by atoms with Gasteiger partial charge >= 0.3 is 0 Å². The molecule has 0 aliphatic carbocycles. The molecule has 1 amide bonds. The Hall–Kier alpha value is -2.09. The molecule has 0 saturated heterocycles. The molecule has 2 N–H and O–H groups in total. The highest BCUT2D eigenvalue weighted by molar-refractivity contribution is 7.92. The third-order valence-corrected chi connectivity index (χ3v) is 4.55. The van der Waals surface area contributed by atoms with Crippen LogP contribution in [0.4, 0.5) is 5.69 Å². The Kier molecular flexibility index (Phi) is 9.99. The summed E-state index contributed by atoms with van der Waals surface area (Å²) >= 11 is 0. The summed E-state index contributed by atoms with van der Waals surface area (Å²) in [5.74, 6) is -0.0516. The van der Waals surface area contributed by atoms with Gasteiger partial charge in [-0.1, -0.05) is 37.3 Å². The maximum atomic E-state index is 12.8. The van der Waals surface area contributed by atoms with E-state index >= 15 is 0 Å². The van der Waals surface area contributed by atoms with Crippen molar-refractivity contribution in [3.8, 4) is 0 Å². The molecule has 0 aliphatic heterocycles. The number of halogens is 1. The molecule has 0 unspecified atom stereocenters. The van der Waals surface area contributed by atoms with E-state index in [1.54, 1.807) is 24.3 Å². The summed E-state index contributed by atoms with van der Waals surface area (Å²) in [6, 6.07) is 16.6. The smallest absolute Gasteiger partial charge is 0.253 e. The van der Waals surface area contributed by atoms with Gasteiger partial charge in [0, 0.05) is 37.4 Å². The summed E-state index contributed by atoms with van der Waals surface area (Å²) in [6.45, 7) is 4.80. The van der Waals surface area contributed by atoms with Crippen molar-refractivity contribution >= 4 is 34.0 Å². The number of benzene rings is 2. The average Bonchev–Trinajstić information content (AvgIpc) is 2.64. The van der Waals surface area contributed by atoms with Crippen LogP contribution >= 0.6 is 12.4 Å². The highest BCUT2D eigenvalue weighted by atomic mass is 35.5. The van der Waals surface area contributed by atoms with Gasteiger partial charge in [0.2, 0.25) is 10.0 Å². The van der Waals surface area contributed by atoms with Crippen LogP contribution in [-0.2, 0) is 16.6 Å². The predicted molar refractivity (Wildman–Crippen MR) is 116 cm³/mol. The third-order valence-electron chi connectivity index (χ3n) is 3.95. The number of hydrogen-bond donors (Lipinski definition) is 2. The number of carbonyl (C=O) groups is 1. The number of hydrogen-bond acceptors (Lipinski definition) is 4. The molecular weight excluding hydrogens is 398 g/mol. The highest BCUT2D eigenvalue weighted by Crippen LogP contribution is 2.13. The lowest BCUT2D eigenvalue weighted by molar-refractivity contribution is 0.0757. The van der Waals surface area contributed by atoms with E-state index in [1.807, 2.05) is 30.0 Å². The van der Waals surface area contributed by atoms with Crippen molar-refractivity contribution in [3.05, 3.63) is 65.7 Å². The Labute approximate surface area is 173 Å². The van der Waals surface area contributed by atoms with E-state index in [2.05, 4.69) is 22.2 Å². The monoisotopic (exact) mass is 425 g/mol. The Morgan fingerprint density at radius 2 is 1.64 bits per heavy atom. The second kappa shape index (κ2) is 11.7. The maximum absolute atomic E-state index is 12.8. The molecule has 0 atom stereocenters. The molecule has 0 aromatic heterocycles. The molecular formula is C20H28ClN3O3S. The number of rotatable bonds is 10. The molecule has 0 bridgehead atoms. The molecule has 8 heteroatoms. The molecule has 2 aromatic rings. The van der Waals surface area contributed by atoms with Gasteiger partial charge in [0.25, 0.3) is 5.91 Å². The summed E-state index contributed by atoms with van der Waals surface area (Å²) in [7, 11) is -3.33. The minimum atomic E-state index is -3.33. The number of nitrogens with zero attached hydrogens (tertiary/aromatic N) is 1. The van der Waals surface area contributed by atoms with Crippen molar-refractivity contribution in [1.29, 1.82) is 0 Å². The minimum absolute atomic E-state index is 0. The van der Waals surface area contributed by atoms with E-state index in [9.17, 15) is 13.2 Å². The third kappa shape index (κ3) is 8.29. The Morgan fingerprint density at radius 1 is 1.00 bits per heavy atom. The van der Waals surface area contributed by atoms with E-state index in [4.69, 9.17) is 0 Å². The fourth-order valence-corrected chi connectivity index (χ4v) is 3.27. The van der Waals surface area contributed by atoms with Gasteiger partial charge < -0.3 is 10.2 Å². The molecule has 6 nitrogen and oxygen atoms in total. The van der Waals surface area contributed by atoms with Crippen LogP contribution in [-0.4, -0.2) is 45.1 Å². The molecule has 0 aliphatic rings. The van der Waals surface area contributed by atoms with E-state index in [1.165, 1.54) is 5.56 Å². The first-order chi connectivity index (χ1) is 12.9. The number of amides is 1. The van der Waals surface area contributed by atoms with Gasteiger partial charge in [0.15, 0.2) is 0 Å². The van der Waals surface area contributed by atoms with Crippen molar-refractivity contribution in [3.63, 3.8) is 0 Å². The summed E-state index contributed by atoms with van der Waals surface area (Å²) < 4.78 is 24.9. The van der Waals surface area contributed by atoms with Crippen molar-refractivity contribution < 1.29 is 13.2 Å². The molecule has 2 aromatic carbocycles. The number of carbonyl (C=O) groups excluding carboxylic acids is 1. The lowest BCUT2D eigenvalue weighted by Crippen LogP contribution is -2.37. The van der Waals surface area contributed by atoms with Crippen molar-refractivity contribution in [1.82, 2.24) is 10.2 Å². The van der Waals surface area contributed by atoms with Crippen LogP contribution in [0.3, 0.4) is 0 Å². The van der Waals surface area contributed by atoms with Gasteiger partial charge in [-0.3, -0.25) is 9.52 Å². The fraction of sp³-hybridized carbons (Fsp3) is 0.350. The van der Waals surface area contributed by atoms with Crippen molar-refractivity contribution in [2.75, 3.05) is 30.6 Å².